The Kier molecular flexibility index (Phi) is 4.12. The first-order valence-electron chi connectivity index (χ1n) is 4.26. The average molecular weight is 227 g/mol. The molecule has 1 N–H and O–H groups in total. The van der Waals surface area contributed by atoms with Crippen LogP contribution in [0.5, 0.6) is 0 Å². The van der Waals surface area contributed by atoms with Crippen molar-refractivity contribution in [2.24, 2.45) is 0 Å². The molecule has 0 saturated heterocycles. The number of alkyl halides is 1. The molecule has 1 aromatic carbocycles. The Morgan fingerprint density at radius 1 is 1.27 bits per heavy atom. The molecule has 0 aliphatic heterocycles. The van der Waals surface area contributed by atoms with Crippen LogP contribution < -0.4 is 10.4 Å². The summed E-state index contributed by atoms with van der Waals surface area (Å²) >= 11 is 5.29. The van der Waals surface area contributed by atoms with Gasteiger partial charge in [0.1, 0.15) is 5.88 Å². The van der Waals surface area contributed by atoms with Crippen LogP contribution in [0.4, 0.5) is 0 Å². The summed E-state index contributed by atoms with van der Waals surface area (Å²) in [5, 5.41) is 13.0. The number of carbonyl (C=O) groups is 2. The predicted octanol–water partition coefficient (Wildman–Crippen LogP) is -0.0949. The number of hydrogen-bond acceptors (Lipinski definition) is 3. The van der Waals surface area contributed by atoms with Gasteiger partial charge in [0.05, 0.1) is 5.97 Å². The van der Waals surface area contributed by atoms with Crippen LogP contribution in [0.1, 0.15) is 15.9 Å². The predicted molar refractivity (Wildman–Crippen MR) is 53.3 cm³/mol. The molecule has 0 aromatic heterocycles. The molecule has 0 atom stereocenters. The molecule has 1 aromatic rings. The average Bonchev–Trinajstić information content (AvgIpc) is 2.26. The fourth-order valence-corrected chi connectivity index (χ4v) is 1.10. The minimum absolute atomic E-state index is 0.0862. The highest BCUT2D eigenvalue weighted by atomic mass is 35.5. The first kappa shape index (κ1) is 11.5. The molecule has 4 nitrogen and oxygen atoms in total. The second-order valence-electron chi connectivity index (χ2n) is 2.89. The molecule has 15 heavy (non-hydrogen) atoms. The molecule has 0 heterocycles. The lowest BCUT2D eigenvalue weighted by Crippen LogP contribution is -2.24. The zero-order valence-electron chi connectivity index (χ0n) is 7.83. The fraction of sp³-hybridized carbons (Fsp3) is 0.200. The zero-order chi connectivity index (χ0) is 11.3. The lowest BCUT2D eigenvalue weighted by atomic mass is 10.1. The normalized spacial score (nSPS) is 9.67. The molecule has 0 fully saturated rings. The number of aromatic carboxylic acids is 1. The van der Waals surface area contributed by atoms with E-state index in [0.717, 1.165) is 5.56 Å². The molecule has 0 radical (unpaired) electrons. The van der Waals surface area contributed by atoms with Crippen LogP contribution in [-0.2, 0) is 11.3 Å². The van der Waals surface area contributed by atoms with E-state index in [9.17, 15) is 14.7 Å². The standard InChI is InChI=1S/C10H10ClNO3/c11-5-9(13)12-6-7-1-3-8(4-2-7)10(14)15/h1-4H,5-6H2,(H,12,13)(H,14,15)/p-1. The summed E-state index contributed by atoms with van der Waals surface area (Å²) in [4.78, 5) is 21.2. The zero-order valence-corrected chi connectivity index (χ0v) is 8.58. The maximum Gasteiger partial charge on any atom is 0.235 e. The molecular weight excluding hydrogens is 218 g/mol. The van der Waals surface area contributed by atoms with Crippen LogP contribution in [0.3, 0.4) is 0 Å². The van der Waals surface area contributed by atoms with Gasteiger partial charge in [-0.2, -0.15) is 0 Å². The lowest BCUT2D eigenvalue weighted by Gasteiger charge is -2.05. The van der Waals surface area contributed by atoms with Crippen molar-refractivity contribution in [3.63, 3.8) is 0 Å². The molecular formula is C10H9ClNO3-. The van der Waals surface area contributed by atoms with Gasteiger partial charge in [0.15, 0.2) is 0 Å². The van der Waals surface area contributed by atoms with Crippen LogP contribution in [-0.4, -0.2) is 17.8 Å². The van der Waals surface area contributed by atoms with Crippen molar-refractivity contribution in [1.82, 2.24) is 5.32 Å². The minimum Gasteiger partial charge on any atom is -0.545 e. The number of benzene rings is 1. The van der Waals surface area contributed by atoms with Gasteiger partial charge < -0.3 is 15.2 Å². The van der Waals surface area contributed by atoms with Crippen LogP contribution in [0, 0.1) is 0 Å². The maximum atomic E-state index is 10.8. The van der Waals surface area contributed by atoms with Gasteiger partial charge >= 0.3 is 0 Å². The Balaban J connectivity index is 2.57. The van der Waals surface area contributed by atoms with E-state index in [1.807, 2.05) is 0 Å². The van der Waals surface area contributed by atoms with Crippen molar-refractivity contribution in [3.05, 3.63) is 35.4 Å². The highest BCUT2D eigenvalue weighted by Gasteiger charge is 1.99. The molecule has 1 amide bonds. The van der Waals surface area contributed by atoms with E-state index in [1.54, 1.807) is 12.1 Å². The smallest absolute Gasteiger partial charge is 0.235 e. The van der Waals surface area contributed by atoms with E-state index < -0.39 is 5.97 Å². The molecule has 0 unspecified atom stereocenters. The first-order valence-corrected chi connectivity index (χ1v) is 4.80. The van der Waals surface area contributed by atoms with Crippen LogP contribution >= 0.6 is 11.6 Å². The number of carbonyl (C=O) groups excluding carboxylic acids is 2. The Labute approximate surface area is 91.9 Å². The highest BCUT2D eigenvalue weighted by Crippen LogP contribution is 2.03. The van der Waals surface area contributed by atoms with Crippen molar-refractivity contribution >= 4 is 23.5 Å². The lowest BCUT2D eigenvalue weighted by molar-refractivity contribution is -0.255. The van der Waals surface area contributed by atoms with Gasteiger partial charge in [-0.1, -0.05) is 24.3 Å². The number of halogens is 1. The summed E-state index contributed by atoms with van der Waals surface area (Å²) < 4.78 is 0. The van der Waals surface area contributed by atoms with Crippen LogP contribution in [0.15, 0.2) is 24.3 Å². The Bertz CT molecular complexity index is 361. The Morgan fingerprint density at radius 2 is 1.87 bits per heavy atom. The van der Waals surface area contributed by atoms with E-state index in [-0.39, 0.29) is 17.4 Å². The molecule has 80 valence electrons. The highest BCUT2D eigenvalue weighted by molar-refractivity contribution is 6.27. The van der Waals surface area contributed by atoms with E-state index in [1.165, 1.54) is 12.1 Å². The van der Waals surface area contributed by atoms with Crippen molar-refractivity contribution < 1.29 is 14.7 Å². The minimum atomic E-state index is -1.22. The van der Waals surface area contributed by atoms with Crippen molar-refractivity contribution in [1.29, 1.82) is 0 Å². The van der Waals surface area contributed by atoms with E-state index in [2.05, 4.69) is 5.32 Å². The second kappa shape index (κ2) is 5.36. The number of amides is 1. The van der Waals surface area contributed by atoms with E-state index in [4.69, 9.17) is 11.6 Å². The molecule has 1 rings (SSSR count). The van der Waals surface area contributed by atoms with Crippen LogP contribution in [0.25, 0.3) is 0 Å². The largest absolute Gasteiger partial charge is 0.545 e. The quantitative estimate of drug-likeness (QED) is 0.730. The molecule has 0 aliphatic rings. The second-order valence-corrected chi connectivity index (χ2v) is 3.16. The van der Waals surface area contributed by atoms with Crippen molar-refractivity contribution in [3.8, 4) is 0 Å². The van der Waals surface area contributed by atoms with Gasteiger partial charge in [-0.3, -0.25) is 4.79 Å². The van der Waals surface area contributed by atoms with Gasteiger partial charge in [0.2, 0.25) is 5.91 Å². The van der Waals surface area contributed by atoms with Gasteiger partial charge in [0, 0.05) is 6.54 Å². The molecule has 0 bridgehead atoms. The molecule has 5 heteroatoms. The van der Waals surface area contributed by atoms with Gasteiger partial charge in [-0.25, -0.2) is 0 Å². The third kappa shape index (κ3) is 3.59. The topological polar surface area (TPSA) is 69.2 Å². The number of hydrogen-bond donors (Lipinski definition) is 1. The number of rotatable bonds is 4. The SMILES string of the molecule is O=C(CCl)NCc1ccc(C(=O)[O-])cc1. The first-order chi connectivity index (χ1) is 7.13. The van der Waals surface area contributed by atoms with Crippen molar-refractivity contribution in [2.45, 2.75) is 6.54 Å². The number of carboxylic acids is 1. The van der Waals surface area contributed by atoms with Crippen LogP contribution in [0.2, 0.25) is 0 Å². The Morgan fingerprint density at radius 3 is 2.33 bits per heavy atom. The van der Waals surface area contributed by atoms with E-state index in [0.29, 0.717) is 6.54 Å². The third-order valence-electron chi connectivity index (χ3n) is 1.80. The summed E-state index contributed by atoms with van der Waals surface area (Å²) in [6, 6.07) is 6.08. The third-order valence-corrected chi connectivity index (χ3v) is 2.04. The summed E-state index contributed by atoms with van der Waals surface area (Å²) in [5.74, 6) is -1.57. The van der Waals surface area contributed by atoms with Crippen molar-refractivity contribution in [2.75, 3.05) is 5.88 Å². The maximum absolute atomic E-state index is 10.8. The van der Waals surface area contributed by atoms with Gasteiger partial charge in [0.25, 0.3) is 0 Å². The molecule has 0 saturated carbocycles. The Hall–Kier alpha value is -1.55. The summed E-state index contributed by atoms with van der Waals surface area (Å²) in [6.07, 6.45) is 0. The van der Waals surface area contributed by atoms with E-state index >= 15 is 0 Å². The number of nitrogens with one attached hydrogen (secondary N) is 1. The van der Waals surface area contributed by atoms with Gasteiger partial charge in [-0.05, 0) is 11.1 Å². The van der Waals surface area contributed by atoms with Gasteiger partial charge in [-0.15, -0.1) is 11.6 Å². The molecule has 0 spiro atoms. The number of carboxylic acid groups (broad SMARTS) is 1. The summed E-state index contributed by atoms with van der Waals surface area (Å²) in [5.41, 5.74) is 0.917. The monoisotopic (exact) mass is 226 g/mol. The fourth-order valence-electron chi connectivity index (χ4n) is 1.01. The molecule has 0 aliphatic carbocycles. The summed E-state index contributed by atoms with van der Waals surface area (Å²) in [6.45, 7) is 0.332. The summed E-state index contributed by atoms with van der Waals surface area (Å²) in [7, 11) is 0.